The highest BCUT2D eigenvalue weighted by atomic mass is 16.6. The molecule has 114 valence electrons. The van der Waals surface area contributed by atoms with Gasteiger partial charge in [0.25, 0.3) is 5.91 Å². The fourth-order valence-corrected chi connectivity index (χ4v) is 2.10. The maximum atomic E-state index is 12.2. The van der Waals surface area contributed by atoms with Gasteiger partial charge in [-0.05, 0) is 29.8 Å². The number of nitrogens with one attached hydrogen (secondary N) is 1. The van der Waals surface area contributed by atoms with Gasteiger partial charge in [0.15, 0.2) is 11.5 Å². The molecule has 2 aromatic rings. The average Bonchev–Trinajstić information content (AvgIpc) is 2.60. The molecule has 23 heavy (non-hydrogen) atoms. The maximum Gasteiger partial charge on any atom is 0.266 e. The van der Waals surface area contributed by atoms with Gasteiger partial charge in [0.05, 0.1) is 0 Å². The summed E-state index contributed by atoms with van der Waals surface area (Å²) >= 11 is 0. The van der Waals surface area contributed by atoms with Crippen LogP contribution >= 0.6 is 0 Å². The van der Waals surface area contributed by atoms with E-state index in [0.29, 0.717) is 36.0 Å². The third-order valence-electron chi connectivity index (χ3n) is 3.16. The van der Waals surface area contributed by atoms with Crippen LogP contribution in [0.2, 0.25) is 0 Å². The van der Waals surface area contributed by atoms with Crippen LogP contribution in [-0.4, -0.2) is 24.1 Å². The van der Waals surface area contributed by atoms with E-state index < -0.39 is 5.91 Å². The minimum atomic E-state index is -0.493. The first kappa shape index (κ1) is 14.6. The Morgan fingerprint density at radius 1 is 1.26 bits per heavy atom. The lowest BCUT2D eigenvalue weighted by Gasteiger charge is -2.18. The Morgan fingerprint density at radius 2 is 2.09 bits per heavy atom. The molecular formula is C17H13N3O3. The molecule has 1 aromatic heterocycles. The fourth-order valence-electron chi connectivity index (χ4n) is 2.10. The molecule has 0 saturated carbocycles. The summed E-state index contributed by atoms with van der Waals surface area (Å²) in [4.78, 5) is 16.2. The Morgan fingerprint density at radius 3 is 2.83 bits per heavy atom. The second kappa shape index (κ2) is 6.62. The van der Waals surface area contributed by atoms with E-state index in [1.807, 2.05) is 6.07 Å². The van der Waals surface area contributed by atoms with E-state index in [9.17, 15) is 10.1 Å². The van der Waals surface area contributed by atoms with Crippen LogP contribution in [0, 0.1) is 11.3 Å². The number of amides is 1. The van der Waals surface area contributed by atoms with E-state index in [1.54, 1.807) is 42.7 Å². The normalized spacial score (nSPS) is 13.1. The van der Waals surface area contributed by atoms with E-state index in [2.05, 4.69) is 10.3 Å². The highest BCUT2D eigenvalue weighted by Gasteiger charge is 2.14. The highest BCUT2D eigenvalue weighted by molar-refractivity contribution is 6.09. The number of pyridine rings is 1. The number of anilines is 1. The first-order chi connectivity index (χ1) is 11.3. The first-order valence-electron chi connectivity index (χ1n) is 6.99. The molecule has 6 nitrogen and oxygen atoms in total. The molecule has 0 saturated heterocycles. The summed E-state index contributed by atoms with van der Waals surface area (Å²) < 4.78 is 10.9. The molecule has 2 heterocycles. The first-order valence-corrected chi connectivity index (χ1v) is 6.99. The number of nitriles is 1. The SMILES string of the molecule is N#C/C(=C\c1cccnc1)C(=O)Nc1ccc2c(c1)OCCO2. The standard InChI is InChI=1S/C17H13N3O3/c18-10-13(8-12-2-1-5-19-11-12)17(21)20-14-3-4-15-16(9-14)23-7-6-22-15/h1-5,8-9,11H,6-7H2,(H,20,21)/b13-8+. The number of aromatic nitrogens is 1. The van der Waals surface area contributed by atoms with Crippen molar-refractivity contribution in [3.63, 3.8) is 0 Å². The van der Waals surface area contributed by atoms with Crippen molar-refractivity contribution >= 4 is 17.7 Å². The lowest BCUT2D eigenvalue weighted by Crippen LogP contribution is -2.17. The number of fused-ring (bicyclic) bond motifs is 1. The van der Waals surface area contributed by atoms with Crippen molar-refractivity contribution in [2.24, 2.45) is 0 Å². The molecule has 1 aliphatic rings. The molecule has 1 aromatic carbocycles. The summed E-state index contributed by atoms with van der Waals surface area (Å²) in [5.41, 5.74) is 1.21. The minimum absolute atomic E-state index is 0.00658. The van der Waals surface area contributed by atoms with Crippen LogP contribution < -0.4 is 14.8 Å². The summed E-state index contributed by atoms with van der Waals surface area (Å²) in [7, 11) is 0. The largest absolute Gasteiger partial charge is 0.486 e. The third-order valence-corrected chi connectivity index (χ3v) is 3.16. The topological polar surface area (TPSA) is 84.2 Å². The number of hydrogen-bond donors (Lipinski definition) is 1. The van der Waals surface area contributed by atoms with Crippen molar-refractivity contribution in [1.29, 1.82) is 5.26 Å². The fraction of sp³-hybridized carbons (Fsp3) is 0.118. The number of rotatable bonds is 3. The van der Waals surface area contributed by atoms with Crippen LogP contribution in [0.3, 0.4) is 0 Å². The lowest BCUT2D eigenvalue weighted by molar-refractivity contribution is -0.112. The number of nitrogens with zero attached hydrogens (tertiary/aromatic N) is 2. The van der Waals surface area contributed by atoms with E-state index in [4.69, 9.17) is 9.47 Å². The van der Waals surface area contributed by atoms with Gasteiger partial charge >= 0.3 is 0 Å². The summed E-state index contributed by atoms with van der Waals surface area (Å²) in [5.74, 6) is 0.720. The quantitative estimate of drug-likeness (QED) is 0.695. The molecule has 0 aliphatic carbocycles. The second-order valence-electron chi connectivity index (χ2n) is 4.77. The number of hydrogen-bond acceptors (Lipinski definition) is 5. The van der Waals surface area contributed by atoms with E-state index in [0.717, 1.165) is 0 Å². The summed E-state index contributed by atoms with van der Waals surface area (Å²) in [6.07, 6.45) is 4.69. The zero-order valence-corrected chi connectivity index (χ0v) is 12.2. The molecule has 0 atom stereocenters. The van der Waals surface area contributed by atoms with Gasteiger partial charge in [-0.2, -0.15) is 5.26 Å². The zero-order valence-electron chi connectivity index (χ0n) is 12.2. The van der Waals surface area contributed by atoms with Crippen molar-refractivity contribution in [2.45, 2.75) is 0 Å². The molecule has 1 amide bonds. The zero-order chi connectivity index (χ0) is 16.1. The molecule has 0 spiro atoms. The smallest absolute Gasteiger partial charge is 0.266 e. The van der Waals surface area contributed by atoms with E-state index in [1.165, 1.54) is 6.08 Å². The molecular weight excluding hydrogens is 294 g/mol. The minimum Gasteiger partial charge on any atom is -0.486 e. The number of benzene rings is 1. The number of ether oxygens (including phenoxy) is 2. The van der Waals surface area contributed by atoms with E-state index >= 15 is 0 Å². The van der Waals surface area contributed by atoms with Crippen LogP contribution in [0.15, 0.2) is 48.3 Å². The third kappa shape index (κ3) is 3.47. The van der Waals surface area contributed by atoms with Crippen molar-refractivity contribution in [1.82, 2.24) is 4.98 Å². The summed E-state index contributed by atoms with van der Waals surface area (Å²) in [6, 6.07) is 10.5. The van der Waals surface area contributed by atoms with Crippen LogP contribution in [0.25, 0.3) is 6.08 Å². The van der Waals surface area contributed by atoms with Gasteiger partial charge in [-0.15, -0.1) is 0 Å². The lowest BCUT2D eigenvalue weighted by atomic mass is 10.1. The molecule has 1 N–H and O–H groups in total. The van der Waals surface area contributed by atoms with Crippen molar-refractivity contribution in [3.8, 4) is 17.6 Å². The van der Waals surface area contributed by atoms with E-state index in [-0.39, 0.29) is 5.57 Å². The molecule has 3 rings (SSSR count). The van der Waals surface area contributed by atoms with Gasteiger partial charge in [0, 0.05) is 24.1 Å². The molecule has 0 radical (unpaired) electrons. The summed E-state index contributed by atoms with van der Waals surface area (Å²) in [6.45, 7) is 0.972. The van der Waals surface area contributed by atoms with Gasteiger partial charge in [-0.25, -0.2) is 0 Å². The van der Waals surface area contributed by atoms with Crippen LogP contribution in [0.4, 0.5) is 5.69 Å². The molecule has 0 fully saturated rings. The Bertz CT molecular complexity index is 794. The van der Waals surface area contributed by atoms with Gasteiger partial charge < -0.3 is 14.8 Å². The van der Waals surface area contributed by atoms with Crippen molar-refractivity contribution in [2.75, 3.05) is 18.5 Å². The van der Waals surface area contributed by atoms with Gasteiger partial charge in [0.1, 0.15) is 24.9 Å². The Labute approximate surface area is 133 Å². The maximum absolute atomic E-state index is 12.2. The Balaban J connectivity index is 1.78. The molecule has 6 heteroatoms. The monoisotopic (exact) mass is 307 g/mol. The molecule has 0 bridgehead atoms. The van der Waals surface area contributed by atoms with Gasteiger partial charge in [-0.1, -0.05) is 6.07 Å². The van der Waals surface area contributed by atoms with Gasteiger partial charge in [0.2, 0.25) is 0 Å². The number of carbonyl (C=O) groups excluding carboxylic acids is 1. The predicted molar refractivity (Wildman–Crippen MR) is 83.9 cm³/mol. The highest BCUT2D eigenvalue weighted by Crippen LogP contribution is 2.32. The van der Waals surface area contributed by atoms with Crippen LogP contribution in [0.5, 0.6) is 11.5 Å². The predicted octanol–water partition coefficient (Wildman–Crippen LogP) is 2.40. The van der Waals surface area contributed by atoms with Gasteiger partial charge in [-0.3, -0.25) is 9.78 Å². The average molecular weight is 307 g/mol. The van der Waals surface area contributed by atoms with Crippen LogP contribution in [0.1, 0.15) is 5.56 Å². The number of carbonyl (C=O) groups is 1. The van der Waals surface area contributed by atoms with Crippen molar-refractivity contribution in [3.05, 3.63) is 53.9 Å². The van der Waals surface area contributed by atoms with Crippen molar-refractivity contribution < 1.29 is 14.3 Å². The summed E-state index contributed by atoms with van der Waals surface area (Å²) in [5, 5.41) is 11.9. The molecule has 1 aliphatic heterocycles. The Kier molecular flexibility index (Phi) is 4.20. The Hall–Kier alpha value is -3.33. The van der Waals surface area contributed by atoms with Crippen LogP contribution in [-0.2, 0) is 4.79 Å². The second-order valence-corrected chi connectivity index (χ2v) is 4.77. The molecule has 0 unspecified atom stereocenters.